The van der Waals surface area contributed by atoms with Crippen LogP contribution in [0, 0.1) is 5.92 Å². The summed E-state index contributed by atoms with van der Waals surface area (Å²) in [6.07, 6.45) is 5.14. The van der Waals surface area contributed by atoms with E-state index in [1.807, 2.05) is 13.2 Å². The highest BCUT2D eigenvalue weighted by atomic mass is 16.5. The van der Waals surface area contributed by atoms with Crippen LogP contribution >= 0.6 is 0 Å². The van der Waals surface area contributed by atoms with E-state index in [0.717, 1.165) is 57.7 Å². The van der Waals surface area contributed by atoms with E-state index in [-0.39, 0.29) is 0 Å². The number of rotatable bonds is 5. The first-order chi connectivity index (χ1) is 12.2. The van der Waals surface area contributed by atoms with Crippen molar-refractivity contribution in [3.8, 4) is 0 Å². The highest BCUT2D eigenvalue weighted by molar-refractivity contribution is 5.80. The lowest BCUT2D eigenvalue weighted by Gasteiger charge is -2.32. The van der Waals surface area contributed by atoms with Gasteiger partial charge in [-0.25, -0.2) is 4.98 Å². The van der Waals surface area contributed by atoms with Gasteiger partial charge in [-0.05, 0) is 12.3 Å². The van der Waals surface area contributed by atoms with E-state index in [4.69, 9.17) is 4.74 Å². The molecule has 7 heteroatoms. The van der Waals surface area contributed by atoms with Crippen LogP contribution in [0.5, 0.6) is 0 Å². The normalized spacial score (nSPS) is 22.8. The molecule has 1 aromatic rings. The third kappa shape index (κ3) is 4.73. The fourth-order valence-corrected chi connectivity index (χ4v) is 3.73. The van der Waals surface area contributed by atoms with Gasteiger partial charge in [0.15, 0.2) is 5.96 Å². The van der Waals surface area contributed by atoms with Crippen molar-refractivity contribution in [2.75, 3.05) is 46.4 Å². The highest BCUT2D eigenvalue weighted by Crippen LogP contribution is 2.17. The molecule has 1 N–H and O–H groups in total. The monoisotopic (exact) mass is 348 g/mol. The Morgan fingerprint density at radius 1 is 1.36 bits per heavy atom. The number of hydrogen-bond acceptors (Lipinski definition) is 4. The second kappa shape index (κ2) is 8.67. The molecule has 3 rings (SSSR count). The summed E-state index contributed by atoms with van der Waals surface area (Å²) in [6.45, 7) is 12.1. The van der Waals surface area contributed by atoms with Crippen molar-refractivity contribution in [1.29, 1.82) is 0 Å². The number of ether oxygens (including phenoxy) is 1. The molecule has 3 heterocycles. The third-order valence-corrected chi connectivity index (χ3v) is 5.00. The average Bonchev–Trinajstić information content (AvgIpc) is 3.26. The molecular weight excluding hydrogens is 316 g/mol. The van der Waals surface area contributed by atoms with Gasteiger partial charge in [0.05, 0.1) is 19.8 Å². The maximum Gasteiger partial charge on any atom is 0.194 e. The molecule has 2 saturated heterocycles. The standard InChI is InChI=1S/C18H32N6O/c1-15(2)13-23-7-5-20-17(23)12-21-18(19-3)24-6-4-16(14-24)22-8-10-25-11-9-22/h5,7,15-16H,4,6,8-14H2,1-3H3,(H,19,21). The molecule has 2 aliphatic heterocycles. The SMILES string of the molecule is CN=C(NCc1nccn1CC(C)C)N1CCC(N2CCOCC2)C1. The van der Waals surface area contributed by atoms with Gasteiger partial charge in [-0.3, -0.25) is 9.89 Å². The van der Waals surface area contributed by atoms with Crippen LogP contribution in [-0.2, 0) is 17.8 Å². The Labute approximate surface area is 151 Å². The van der Waals surface area contributed by atoms with Crippen LogP contribution in [0.4, 0.5) is 0 Å². The second-order valence-corrected chi connectivity index (χ2v) is 7.33. The number of imidazole rings is 1. The van der Waals surface area contributed by atoms with E-state index in [0.29, 0.717) is 18.5 Å². The number of guanidine groups is 1. The van der Waals surface area contributed by atoms with Crippen molar-refractivity contribution in [2.24, 2.45) is 10.9 Å². The van der Waals surface area contributed by atoms with Gasteiger partial charge in [0.2, 0.25) is 0 Å². The quantitative estimate of drug-likeness (QED) is 0.636. The molecular formula is C18H32N6O. The molecule has 2 fully saturated rings. The number of nitrogens with one attached hydrogen (secondary N) is 1. The zero-order valence-electron chi connectivity index (χ0n) is 15.8. The summed E-state index contributed by atoms with van der Waals surface area (Å²) in [5.41, 5.74) is 0. The Kier molecular flexibility index (Phi) is 6.31. The van der Waals surface area contributed by atoms with Gasteiger partial charge in [-0.1, -0.05) is 13.8 Å². The fraction of sp³-hybridized carbons (Fsp3) is 0.778. The number of aromatic nitrogens is 2. The largest absolute Gasteiger partial charge is 0.379 e. The van der Waals surface area contributed by atoms with Crippen molar-refractivity contribution in [2.45, 2.75) is 39.4 Å². The molecule has 140 valence electrons. The van der Waals surface area contributed by atoms with Crippen LogP contribution in [-0.4, -0.2) is 77.8 Å². The summed E-state index contributed by atoms with van der Waals surface area (Å²) >= 11 is 0. The first-order valence-corrected chi connectivity index (χ1v) is 9.44. The van der Waals surface area contributed by atoms with Crippen LogP contribution in [0.2, 0.25) is 0 Å². The van der Waals surface area contributed by atoms with Crippen LogP contribution in [0.1, 0.15) is 26.1 Å². The smallest absolute Gasteiger partial charge is 0.194 e. The molecule has 0 spiro atoms. The van der Waals surface area contributed by atoms with Crippen LogP contribution < -0.4 is 5.32 Å². The molecule has 0 radical (unpaired) electrons. The van der Waals surface area contributed by atoms with Crippen LogP contribution in [0.3, 0.4) is 0 Å². The minimum Gasteiger partial charge on any atom is -0.379 e. The molecule has 1 aromatic heterocycles. The van der Waals surface area contributed by atoms with Gasteiger partial charge in [0.1, 0.15) is 5.82 Å². The van der Waals surface area contributed by atoms with Gasteiger partial charge < -0.3 is 19.5 Å². The number of aliphatic imine (C=N–C) groups is 1. The van der Waals surface area contributed by atoms with E-state index >= 15 is 0 Å². The molecule has 0 aromatic carbocycles. The van der Waals surface area contributed by atoms with Gasteiger partial charge in [0, 0.05) is 58.2 Å². The predicted octanol–water partition coefficient (Wildman–Crippen LogP) is 1.02. The lowest BCUT2D eigenvalue weighted by atomic mass is 10.2. The topological polar surface area (TPSA) is 57.9 Å². The Bertz CT molecular complexity index is 564. The molecule has 7 nitrogen and oxygen atoms in total. The Balaban J connectivity index is 1.52. The van der Waals surface area contributed by atoms with E-state index in [1.54, 1.807) is 0 Å². The van der Waals surface area contributed by atoms with Crippen molar-refractivity contribution < 1.29 is 4.74 Å². The first-order valence-electron chi connectivity index (χ1n) is 9.44. The number of likely N-dealkylation sites (tertiary alicyclic amines) is 1. The number of morpholine rings is 1. The fourth-order valence-electron chi connectivity index (χ4n) is 3.73. The average molecular weight is 348 g/mol. The molecule has 25 heavy (non-hydrogen) atoms. The Hall–Kier alpha value is -1.60. The lowest BCUT2D eigenvalue weighted by Crippen LogP contribution is -2.46. The summed E-state index contributed by atoms with van der Waals surface area (Å²) in [6, 6.07) is 0.616. The molecule has 0 bridgehead atoms. The minimum atomic E-state index is 0.611. The van der Waals surface area contributed by atoms with Gasteiger partial charge >= 0.3 is 0 Å². The molecule has 1 unspecified atom stereocenters. The van der Waals surface area contributed by atoms with Crippen molar-refractivity contribution in [3.05, 3.63) is 18.2 Å². The number of nitrogens with zero attached hydrogens (tertiary/aromatic N) is 5. The van der Waals surface area contributed by atoms with Crippen LogP contribution in [0.25, 0.3) is 0 Å². The first kappa shape index (κ1) is 18.2. The van der Waals surface area contributed by atoms with Crippen LogP contribution in [0.15, 0.2) is 17.4 Å². The summed E-state index contributed by atoms with van der Waals surface area (Å²) in [7, 11) is 1.87. The van der Waals surface area contributed by atoms with E-state index in [9.17, 15) is 0 Å². The van der Waals surface area contributed by atoms with Gasteiger partial charge in [-0.15, -0.1) is 0 Å². The van der Waals surface area contributed by atoms with E-state index in [2.05, 4.69) is 49.7 Å². The zero-order chi connectivity index (χ0) is 17.6. The summed E-state index contributed by atoms with van der Waals surface area (Å²) in [4.78, 5) is 13.9. The van der Waals surface area contributed by atoms with Crippen molar-refractivity contribution in [3.63, 3.8) is 0 Å². The van der Waals surface area contributed by atoms with E-state index in [1.165, 1.54) is 6.42 Å². The maximum atomic E-state index is 5.47. The van der Waals surface area contributed by atoms with Crippen molar-refractivity contribution >= 4 is 5.96 Å². The third-order valence-electron chi connectivity index (χ3n) is 5.00. The van der Waals surface area contributed by atoms with Gasteiger partial charge in [-0.2, -0.15) is 0 Å². The summed E-state index contributed by atoms with van der Waals surface area (Å²) in [5, 5.41) is 3.50. The van der Waals surface area contributed by atoms with E-state index < -0.39 is 0 Å². The van der Waals surface area contributed by atoms with Crippen molar-refractivity contribution in [1.82, 2.24) is 24.7 Å². The highest BCUT2D eigenvalue weighted by Gasteiger charge is 2.30. The minimum absolute atomic E-state index is 0.611. The summed E-state index contributed by atoms with van der Waals surface area (Å²) < 4.78 is 7.70. The Morgan fingerprint density at radius 2 is 2.16 bits per heavy atom. The molecule has 2 aliphatic rings. The number of hydrogen-bond donors (Lipinski definition) is 1. The lowest BCUT2D eigenvalue weighted by molar-refractivity contribution is 0.0195. The molecule has 0 saturated carbocycles. The molecule has 0 aliphatic carbocycles. The Morgan fingerprint density at radius 3 is 2.88 bits per heavy atom. The molecule has 1 atom stereocenters. The maximum absolute atomic E-state index is 5.47. The predicted molar refractivity (Wildman–Crippen MR) is 99.6 cm³/mol. The summed E-state index contributed by atoms with van der Waals surface area (Å²) in [5.74, 6) is 2.66. The zero-order valence-corrected chi connectivity index (χ0v) is 15.8. The molecule has 0 amide bonds. The van der Waals surface area contributed by atoms with Gasteiger partial charge in [0.25, 0.3) is 0 Å². The second-order valence-electron chi connectivity index (χ2n) is 7.33.